The SMILES string of the molecule is CCN(CCNc1ccccn1)C1CC1. The van der Waals surface area contributed by atoms with Crippen LogP contribution in [0.25, 0.3) is 0 Å². The Morgan fingerprint density at radius 2 is 2.33 bits per heavy atom. The largest absolute Gasteiger partial charge is 0.369 e. The number of aromatic nitrogens is 1. The van der Waals surface area contributed by atoms with Gasteiger partial charge in [-0.15, -0.1) is 0 Å². The van der Waals surface area contributed by atoms with Crippen LogP contribution in [0.4, 0.5) is 5.82 Å². The Hall–Kier alpha value is -1.09. The maximum atomic E-state index is 4.23. The normalized spacial score (nSPS) is 15.6. The second-order valence-corrected chi connectivity index (χ2v) is 4.00. The van der Waals surface area contributed by atoms with Crippen molar-refractivity contribution < 1.29 is 0 Å². The van der Waals surface area contributed by atoms with Crippen LogP contribution >= 0.6 is 0 Å². The first-order valence-electron chi connectivity index (χ1n) is 5.79. The molecule has 0 atom stereocenters. The average molecular weight is 205 g/mol. The van der Waals surface area contributed by atoms with E-state index in [2.05, 4.69) is 22.1 Å². The van der Waals surface area contributed by atoms with Crippen LogP contribution in [-0.4, -0.2) is 35.6 Å². The van der Waals surface area contributed by atoms with E-state index in [1.807, 2.05) is 24.4 Å². The molecule has 0 spiro atoms. The predicted molar refractivity (Wildman–Crippen MR) is 63.0 cm³/mol. The van der Waals surface area contributed by atoms with Crippen LogP contribution in [0.3, 0.4) is 0 Å². The van der Waals surface area contributed by atoms with Gasteiger partial charge in [-0.25, -0.2) is 4.98 Å². The molecule has 3 heteroatoms. The third-order valence-electron chi connectivity index (χ3n) is 2.84. The quantitative estimate of drug-likeness (QED) is 0.769. The summed E-state index contributed by atoms with van der Waals surface area (Å²) in [5, 5.41) is 3.34. The van der Waals surface area contributed by atoms with Crippen LogP contribution in [0.15, 0.2) is 24.4 Å². The van der Waals surface area contributed by atoms with Gasteiger partial charge in [0.25, 0.3) is 0 Å². The Morgan fingerprint density at radius 3 is 2.93 bits per heavy atom. The number of hydrogen-bond acceptors (Lipinski definition) is 3. The zero-order valence-electron chi connectivity index (χ0n) is 9.32. The van der Waals surface area contributed by atoms with Crippen LogP contribution in [-0.2, 0) is 0 Å². The predicted octanol–water partition coefficient (Wildman–Crippen LogP) is 1.98. The lowest BCUT2D eigenvalue weighted by Crippen LogP contribution is -2.30. The Labute approximate surface area is 91.5 Å². The van der Waals surface area contributed by atoms with E-state index in [9.17, 15) is 0 Å². The highest BCUT2D eigenvalue weighted by atomic mass is 15.2. The van der Waals surface area contributed by atoms with Crippen molar-refractivity contribution in [1.29, 1.82) is 0 Å². The molecule has 1 aliphatic carbocycles. The molecule has 1 aromatic heterocycles. The molecule has 1 fully saturated rings. The van der Waals surface area contributed by atoms with Crippen molar-refractivity contribution in [3.05, 3.63) is 24.4 Å². The summed E-state index contributed by atoms with van der Waals surface area (Å²) in [6, 6.07) is 6.81. The fourth-order valence-corrected chi connectivity index (χ4v) is 1.83. The molecule has 1 N–H and O–H groups in total. The molecule has 0 aromatic carbocycles. The fraction of sp³-hybridized carbons (Fsp3) is 0.583. The standard InChI is InChI=1S/C12H19N3/c1-2-15(11-6-7-11)10-9-14-12-5-3-4-8-13-12/h3-5,8,11H,2,6-7,9-10H2,1H3,(H,13,14). The number of rotatable bonds is 6. The Balaban J connectivity index is 1.69. The number of anilines is 1. The fourth-order valence-electron chi connectivity index (χ4n) is 1.83. The number of likely N-dealkylation sites (N-methyl/N-ethyl adjacent to an activating group) is 1. The molecule has 1 aromatic rings. The first-order valence-corrected chi connectivity index (χ1v) is 5.79. The Morgan fingerprint density at radius 1 is 1.47 bits per heavy atom. The molecule has 2 rings (SSSR count). The van der Waals surface area contributed by atoms with Gasteiger partial charge in [-0.2, -0.15) is 0 Å². The van der Waals surface area contributed by atoms with Crippen molar-refractivity contribution in [3.63, 3.8) is 0 Å². The Kier molecular flexibility index (Phi) is 3.56. The topological polar surface area (TPSA) is 28.2 Å². The summed E-state index contributed by atoms with van der Waals surface area (Å²) in [4.78, 5) is 6.77. The van der Waals surface area contributed by atoms with Gasteiger partial charge in [0, 0.05) is 25.3 Å². The molecule has 0 saturated heterocycles. The van der Waals surface area contributed by atoms with E-state index in [0.29, 0.717) is 0 Å². The highest BCUT2D eigenvalue weighted by molar-refractivity contribution is 5.32. The molecule has 82 valence electrons. The van der Waals surface area contributed by atoms with Crippen LogP contribution in [0.1, 0.15) is 19.8 Å². The van der Waals surface area contributed by atoms with Crippen molar-refractivity contribution >= 4 is 5.82 Å². The molecule has 0 amide bonds. The first kappa shape index (κ1) is 10.4. The second-order valence-electron chi connectivity index (χ2n) is 4.00. The van der Waals surface area contributed by atoms with Gasteiger partial charge >= 0.3 is 0 Å². The van der Waals surface area contributed by atoms with Crippen molar-refractivity contribution in [1.82, 2.24) is 9.88 Å². The van der Waals surface area contributed by atoms with Gasteiger partial charge in [0.05, 0.1) is 0 Å². The first-order chi connectivity index (χ1) is 7.40. The molecule has 3 nitrogen and oxygen atoms in total. The summed E-state index contributed by atoms with van der Waals surface area (Å²) in [6.45, 7) is 5.51. The van der Waals surface area contributed by atoms with E-state index in [1.165, 1.54) is 12.8 Å². The summed E-state index contributed by atoms with van der Waals surface area (Å²) >= 11 is 0. The molecule has 1 heterocycles. The number of nitrogens with one attached hydrogen (secondary N) is 1. The van der Waals surface area contributed by atoms with Crippen LogP contribution in [0, 0.1) is 0 Å². The number of nitrogens with zero attached hydrogens (tertiary/aromatic N) is 2. The van der Waals surface area contributed by atoms with Gasteiger partial charge in [0.2, 0.25) is 0 Å². The van der Waals surface area contributed by atoms with E-state index in [0.717, 1.165) is 31.5 Å². The van der Waals surface area contributed by atoms with Crippen molar-refractivity contribution in [3.8, 4) is 0 Å². The van der Waals surface area contributed by atoms with Crippen molar-refractivity contribution in [2.24, 2.45) is 0 Å². The van der Waals surface area contributed by atoms with E-state index in [1.54, 1.807) is 0 Å². The minimum Gasteiger partial charge on any atom is -0.369 e. The average Bonchev–Trinajstić information content (AvgIpc) is 3.10. The van der Waals surface area contributed by atoms with Crippen LogP contribution < -0.4 is 5.32 Å². The summed E-state index contributed by atoms with van der Waals surface area (Å²) in [5.41, 5.74) is 0. The lowest BCUT2D eigenvalue weighted by molar-refractivity contribution is 0.289. The lowest BCUT2D eigenvalue weighted by atomic mass is 10.4. The molecular weight excluding hydrogens is 186 g/mol. The molecular formula is C12H19N3. The molecule has 15 heavy (non-hydrogen) atoms. The minimum atomic E-state index is 0.862. The number of pyridine rings is 1. The number of hydrogen-bond donors (Lipinski definition) is 1. The maximum Gasteiger partial charge on any atom is 0.125 e. The molecule has 1 aliphatic rings. The van der Waals surface area contributed by atoms with Crippen LogP contribution in [0.5, 0.6) is 0 Å². The highest BCUT2D eigenvalue weighted by Crippen LogP contribution is 2.25. The highest BCUT2D eigenvalue weighted by Gasteiger charge is 2.26. The zero-order valence-corrected chi connectivity index (χ0v) is 9.32. The molecule has 0 aliphatic heterocycles. The van der Waals surface area contributed by atoms with Gasteiger partial charge in [0.15, 0.2) is 0 Å². The molecule has 0 radical (unpaired) electrons. The molecule has 1 saturated carbocycles. The van der Waals surface area contributed by atoms with Crippen molar-refractivity contribution in [2.75, 3.05) is 25.0 Å². The van der Waals surface area contributed by atoms with E-state index >= 15 is 0 Å². The van der Waals surface area contributed by atoms with Crippen LogP contribution in [0.2, 0.25) is 0 Å². The third-order valence-corrected chi connectivity index (χ3v) is 2.84. The van der Waals surface area contributed by atoms with Crippen molar-refractivity contribution in [2.45, 2.75) is 25.8 Å². The van der Waals surface area contributed by atoms with Gasteiger partial charge < -0.3 is 5.32 Å². The van der Waals surface area contributed by atoms with Gasteiger partial charge in [-0.05, 0) is 31.5 Å². The molecule has 0 unspecified atom stereocenters. The third kappa shape index (κ3) is 3.20. The minimum absolute atomic E-state index is 0.862. The van der Waals surface area contributed by atoms with Gasteiger partial charge in [-0.3, -0.25) is 4.90 Å². The summed E-state index contributed by atoms with van der Waals surface area (Å²) in [5.74, 6) is 0.976. The Bertz CT molecular complexity index is 282. The summed E-state index contributed by atoms with van der Waals surface area (Å²) < 4.78 is 0. The lowest BCUT2D eigenvalue weighted by Gasteiger charge is -2.19. The van der Waals surface area contributed by atoms with E-state index in [-0.39, 0.29) is 0 Å². The van der Waals surface area contributed by atoms with Gasteiger partial charge in [0.1, 0.15) is 5.82 Å². The monoisotopic (exact) mass is 205 g/mol. The second kappa shape index (κ2) is 5.12. The maximum absolute atomic E-state index is 4.23. The summed E-state index contributed by atoms with van der Waals surface area (Å²) in [7, 11) is 0. The summed E-state index contributed by atoms with van der Waals surface area (Å²) in [6.07, 6.45) is 4.59. The van der Waals surface area contributed by atoms with E-state index < -0.39 is 0 Å². The smallest absolute Gasteiger partial charge is 0.125 e. The molecule has 0 bridgehead atoms. The zero-order chi connectivity index (χ0) is 10.5. The van der Waals surface area contributed by atoms with E-state index in [4.69, 9.17) is 0 Å². The van der Waals surface area contributed by atoms with Gasteiger partial charge in [-0.1, -0.05) is 13.0 Å².